The Bertz CT molecular complexity index is 1380. The van der Waals surface area contributed by atoms with Crippen molar-refractivity contribution in [2.45, 2.75) is 82.1 Å². The molecule has 210 valence electrons. The minimum Gasteiger partial charge on any atom is -0.326 e. The summed E-state index contributed by atoms with van der Waals surface area (Å²) in [6.45, 7) is 3.38. The number of carbonyl (C=O) groups excluding carboxylic acids is 1. The van der Waals surface area contributed by atoms with Gasteiger partial charge < -0.3 is 5.32 Å². The maximum absolute atomic E-state index is 12.2. The third kappa shape index (κ3) is 5.80. The lowest BCUT2D eigenvalue weighted by molar-refractivity contribution is -0.982. The highest BCUT2D eigenvalue weighted by molar-refractivity contribution is 7.89. The van der Waals surface area contributed by atoms with Gasteiger partial charge in [0.25, 0.3) is 0 Å². The number of sulfonamides is 1. The molecule has 3 N–H and O–H groups in total. The molecule has 1 aromatic carbocycles. The van der Waals surface area contributed by atoms with Gasteiger partial charge in [-0.1, -0.05) is 32.1 Å². The third-order valence-electron chi connectivity index (χ3n) is 8.44. The highest BCUT2D eigenvalue weighted by Crippen LogP contribution is 2.42. The molecule has 5 rings (SSSR count). The molecule has 0 radical (unpaired) electrons. The van der Waals surface area contributed by atoms with E-state index < -0.39 is 10.0 Å². The first-order valence-corrected chi connectivity index (χ1v) is 15.6. The smallest absolute Gasteiger partial charge is 0.326 e. The summed E-state index contributed by atoms with van der Waals surface area (Å²) in [6.07, 6.45) is 18.9. The van der Waals surface area contributed by atoms with Gasteiger partial charge in [-0.2, -0.15) is 0 Å². The number of imidazole rings is 2. The van der Waals surface area contributed by atoms with Crippen molar-refractivity contribution in [3.05, 3.63) is 60.7 Å². The first-order chi connectivity index (χ1) is 18.7. The summed E-state index contributed by atoms with van der Waals surface area (Å²) in [5, 5.41) is 7.92. The van der Waals surface area contributed by atoms with Gasteiger partial charge in [-0.05, 0) is 43.5 Å². The lowest BCUT2D eigenvalue weighted by Gasteiger charge is -2.28. The van der Waals surface area contributed by atoms with Crippen molar-refractivity contribution in [2.75, 3.05) is 11.9 Å². The maximum atomic E-state index is 12.2. The molecule has 0 fully saturated rings. The highest BCUT2D eigenvalue weighted by Gasteiger charge is 2.62. The van der Waals surface area contributed by atoms with E-state index in [9.17, 15) is 13.2 Å². The number of quaternary nitrogens is 1. The van der Waals surface area contributed by atoms with E-state index in [1.165, 1.54) is 62.4 Å². The average molecular weight is 557 g/mol. The molecule has 11 heteroatoms. The van der Waals surface area contributed by atoms with Crippen molar-refractivity contribution < 1.29 is 26.8 Å². The first-order valence-electron chi connectivity index (χ1n) is 14.1. The van der Waals surface area contributed by atoms with Crippen LogP contribution in [0.4, 0.5) is 5.69 Å². The monoisotopic (exact) mass is 556 g/mol. The van der Waals surface area contributed by atoms with Crippen molar-refractivity contribution >= 4 is 21.6 Å². The second kappa shape index (κ2) is 11.2. The van der Waals surface area contributed by atoms with Gasteiger partial charge in [-0.15, -0.1) is 9.13 Å². The Morgan fingerprint density at radius 2 is 1.41 bits per heavy atom. The number of carbonyl (C=O) groups is 1. The number of amides is 1. The lowest BCUT2D eigenvalue weighted by Crippen LogP contribution is -2.46. The SMILES string of the molecule is C[n+]1ccn2c1C[N+]1(CCCCCCCCCCC(=O)Nc3ccc(S(N)(=O)=O)cc3)Cc3n(cc[n+]3C)C21. The fraction of sp³-hybridized carbons (Fsp3) is 0.536. The van der Waals surface area contributed by atoms with Crippen molar-refractivity contribution in [1.29, 1.82) is 0 Å². The number of benzene rings is 1. The number of nitrogens with two attached hydrogens (primary N) is 1. The van der Waals surface area contributed by atoms with Crippen molar-refractivity contribution in [3.63, 3.8) is 0 Å². The molecule has 2 aliphatic rings. The van der Waals surface area contributed by atoms with E-state index in [0.717, 1.165) is 36.8 Å². The molecule has 0 unspecified atom stereocenters. The molecule has 0 aliphatic carbocycles. The number of unbranched alkanes of at least 4 members (excludes halogenated alkanes) is 7. The van der Waals surface area contributed by atoms with Gasteiger partial charge in [0.05, 0.1) is 25.5 Å². The summed E-state index contributed by atoms with van der Waals surface area (Å²) in [4.78, 5) is 12.2. The maximum Gasteiger partial charge on any atom is 0.380 e. The Balaban J connectivity index is 0.962. The van der Waals surface area contributed by atoms with Crippen LogP contribution in [0.3, 0.4) is 0 Å². The number of hydrogen-bond donors (Lipinski definition) is 2. The van der Waals surface area contributed by atoms with E-state index in [-0.39, 0.29) is 10.8 Å². The summed E-state index contributed by atoms with van der Waals surface area (Å²) in [7, 11) is 0.593. The van der Waals surface area contributed by atoms with E-state index in [1.807, 2.05) is 0 Å². The molecule has 10 nitrogen and oxygen atoms in total. The average Bonchev–Trinajstić information content (AvgIpc) is 3.59. The van der Waals surface area contributed by atoms with Crippen molar-refractivity contribution in [1.82, 2.24) is 9.13 Å². The molecule has 0 saturated heterocycles. The predicted octanol–water partition coefficient (Wildman–Crippen LogP) is 2.58. The number of aromatic nitrogens is 4. The second-order valence-corrected chi connectivity index (χ2v) is 12.8. The molecule has 0 bridgehead atoms. The van der Waals surface area contributed by atoms with Crippen LogP contribution in [0.1, 0.15) is 75.7 Å². The van der Waals surface area contributed by atoms with E-state index in [1.54, 1.807) is 12.1 Å². The highest BCUT2D eigenvalue weighted by atomic mass is 32.2. The van der Waals surface area contributed by atoms with E-state index in [2.05, 4.69) is 62.5 Å². The van der Waals surface area contributed by atoms with Gasteiger partial charge in [0.1, 0.15) is 24.8 Å². The molecule has 0 saturated carbocycles. The van der Waals surface area contributed by atoms with Gasteiger partial charge in [-0.25, -0.2) is 27.2 Å². The zero-order valence-corrected chi connectivity index (χ0v) is 23.9. The molecule has 0 spiro atoms. The summed E-state index contributed by atoms with van der Waals surface area (Å²) in [5.41, 5.74) is 0.581. The van der Waals surface area contributed by atoms with Gasteiger partial charge >= 0.3 is 17.9 Å². The number of nitrogens with one attached hydrogen (secondary N) is 1. The molecule has 2 aliphatic heterocycles. The number of fused-ring (bicyclic) bond motifs is 5. The van der Waals surface area contributed by atoms with Gasteiger partial charge in [0.2, 0.25) is 15.9 Å². The second-order valence-electron chi connectivity index (χ2n) is 11.3. The van der Waals surface area contributed by atoms with Crippen molar-refractivity contribution in [3.8, 4) is 0 Å². The van der Waals surface area contributed by atoms with Crippen LogP contribution in [0.2, 0.25) is 0 Å². The Morgan fingerprint density at radius 3 is 1.95 bits per heavy atom. The van der Waals surface area contributed by atoms with Crippen LogP contribution in [-0.4, -0.2) is 34.5 Å². The normalized spacial score (nSPS) is 19.6. The summed E-state index contributed by atoms with van der Waals surface area (Å²) in [5.74, 6) is 2.78. The summed E-state index contributed by atoms with van der Waals surface area (Å²) < 4.78 is 33.3. The largest absolute Gasteiger partial charge is 0.380 e. The fourth-order valence-electron chi connectivity index (χ4n) is 6.30. The number of rotatable bonds is 13. The standard InChI is InChI=1S/C28H41N7O3S/c1-31-16-18-33-26(31)21-35(22-27-32(2)17-19-34(27)28(33)35)20-10-8-6-4-3-5-7-9-11-25(36)30-23-12-14-24(15-13-23)39(29,37)38/h12-19,28H,3-11,20-22H2,1-2H3,(H2-,29,30,36,37,38)/q+2/p+1. The zero-order valence-electron chi connectivity index (χ0n) is 23.1. The topological polar surface area (TPSA) is 107 Å². The number of anilines is 1. The van der Waals surface area contributed by atoms with E-state index in [4.69, 9.17) is 5.14 Å². The zero-order chi connectivity index (χ0) is 27.6. The Kier molecular flexibility index (Phi) is 7.93. The van der Waals surface area contributed by atoms with Crippen molar-refractivity contribution in [2.24, 2.45) is 19.2 Å². The molecule has 3 aromatic rings. The molecule has 2 aromatic heterocycles. The van der Waals surface area contributed by atoms with Crippen LogP contribution in [-0.2, 0) is 42.0 Å². The molecule has 0 atom stereocenters. The number of hydrogen-bond acceptors (Lipinski definition) is 3. The Labute approximate surface area is 231 Å². The Morgan fingerprint density at radius 1 is 0.897 bits per heavy atom. The third-order valence-corrected chi connectivity index (χ3v) is 9.37. The fourth-order valence-corrected chi connectivity index (χ4v) is 6.82. The van der Waals surface area contributed by atoms with Crippen LogP contribution < -0.4 is 19.6 Å². The van der Waals surface area contributed by atoms with Crippen LogP contribution in [0.5, 0.6) is 0 Å². The minimum absolute atomic E-state index is 0.0367. The van der Waals surface area contributed by atoms with Gasteiger partial charge in [0, 0.05) is 12.1 Å². The van der Waals surface area contributed by atoms with Crippen LogP contribution >= 0.6 is 0 Å². The number of primary sulfonamides is 1. The summed E-state index contributed by atoms with van der Waals surface area (Å²) in [6, 6.07) is 5.93. The van der Waals surface area contributed by atoms with Crippen LogP contribution in [0.25, 0.3) is 0 Å². The predicted molar refractivity (Wildman–Crippen MR) is 146 cm³/mol. The van der Waals surface area contributed by atoms with Crippen LogP contribution in [0.15, 0.2) is 53.9 Å². The summed E-state index contributed by atoms with van der Waals surface area (Å²) >= 11 is 0. The quantitative estimate of drug-likeness (QED) is 0.192. The molecular formula is C28H42N7O3S+3. The first kappa shape index (κ1) is 27.5. The van der Waals surface area contributed by atoms with E-state index >= 15 is 0 Å². The van der Waals surface area contributed by atoms with Crippen LogP contribution in [0, 0.1) is 0 Å². The van der Waals surface area contributed by atoms with Gasteiger partial charge in [-0.3, -0.25) is 4.79 Å². The molecule has 4 heterocycles. The number of aryl methyl sites for hydroxylation is 2. The lowest BCUT2D eigenvalue weighted by atomic mass is 10.1. The van der Waals surface area contributed by atoms with Gasteiger partial charge in [0.15, 0.2) is 13.1 Å². The molecule has 1 amide bonds. The minimum atomic E-state index is -3.72. The molecular weight excluding hydrogens is 514 g/mol. The molecule has 39 heavy (non-hydrogen) atoms. The Hall–Kier alpha value is -3.02. The number of nitrogens with zero attached hydrogens (tertiary/aromatic N) is 5. The van der Waals surface area contributed by atoms with E-state index in [0.29, 0.717) is 18.4 Å².